The van der Waals surface area contributed by atoms with Gasteiger partial charge in [-0.1, -0.05) is 55.5 Å². The van der Waals surface area contributed by atoms with Crippen molar-refractivity contribution in [2.75, 3.05) is 26.1 Å². The van der Waals surface area contributed by atoms with Gasteiger partial charge in [0, 0.05) is 25.2 Å². The summed E-state index contributed by atoms with van der Waals surface area (Å²) in [7, 11) is 3.15. The van der Waals surface area contributed by atoms with E-state index in [1.807, 2.05) is 25.1 Å². The van der Waals surface area contributed by atoms with Crippen molar-refractivity contribution in [2.24, 2.45) is 0 Å². The van der Waals surface area contributed by atoms with Crippen LogP contribution >= 0.6 is 24.0 Å². The lowest BCUT2D eigenvalue weighted by atomic mass is 10.0. The topological polar surface area (TPSA) is 96.6 Å². The lowest BCUT2D eigenvalue weighted by Gasteiger charge is -2.20. The van der Waals surface area contributed by atoms with Crippen molar-refractivity contribution >= 4 is 46.1 Å². The van der Waals surface area contributed by atoms with Crippen LogP contribution in [0.4, 0.5) is 10.2 Å². The van der Waals surface area contributed by atoms with E-state index >= 15 is 0 Å². The summed E-state index contributed by atoms with van der Waals surface area (Å²) in [5.41, 5.74) is 2.44. The van der Waals surface area contributed by atoms with Gasteiger partial charge >= 0.3 is 0 Å². The molecule has 0 atom stereocenters. The number of aromatic nitrogens is 1. The predicted octanol–water partition coefficient (Wildman–Crippen LogP) is 6.04. The lowest BCUT2D eigenvalue weighted by molar-refractivity contribution is -0.122. The second kappa shape index (κ2) is 14.4. The number of pyridine rings is 1. The molecular weight excluding hydrogens is 588 g/mol. The van der Waals surface area contributed by atoms with Crippen LogP contribution in [0.3, 0.4) is 0 Å². The number of benzene rings is 2. The van der Waals surface area contributed by atoms with Gasteiger partial charge < -0.3 is 14.8 Å². The first-order chi connectivity index (χ1) is 20.7. The average Bonchev–Trinajstić information content (AvgIpc) is 3.28. The molecule has 8 nitrogen and oxygen atoms in total. The minimum absolute atomic E-state index is 0.0265. The van der Waals surface area contributed by atoms with E-state index in [-0.39, 0.29) is 17.3 Å². The molecule has 0 saturated carbocycles. The van der Waals surface area contributed by atoms with Gasteiger partial charge in [0.15, 0.2) is 11.5 Å². The van der Waals surface area contributed by atoms with Gasteiger partial charge in [-0.3, -0.25) is 19.1 Å². The van der Waals surface area contributed by atoms with Crippen LogP contribution in [0.5, 0.6) is 11.5 Å². The van der Waals surface area contributed by atoms with Gasteiger partial charge in [0.2, 0.25) is 0 Å². The molecule has 0 bridgehead atoms. The molecule has 1 saturated heterocycles. The Hall–Kier alpha value is -4.14. The first-order valence-corrected chi connectivity index (χ1v) is 15.1. The summed E-state index contributed by atoms with van der Waals surface area (Å²) < 4.78 is 26.2. The maximum absolute atomic E-state index is 13.6. The monoisotopic (exact) mass is 620 g/mol. The van der Waals surface area contributed by atoms with E-state index < -0.39 is 5.56 Å². The number of thiocarbonyl (C=S) groups is 1. The molecule has 0 radical (unpaired) electrons. The summed E-state index contributed by atoms with van der Waals surface area (Å²) in [6, 6.07) is 13.7. The fraction of sp³-hybridized carbons (Fsp3) is 0.312. The van der Waals surface area contributed by atoms with Gasteiger partial charge in [0.05, 0.1) is 19.1 Å². The number of carbonyl (C=O) groups is 1. The van der Waals surface area contributed by atoms with Crippen LogP contribution in [0.15, 0.2) is 52.2 Å². The Kier molecular flexibility index (Phi) is 10.6. The Morgan fingerprint density at radius 2 is 1.77 bits per heavy atom. The number of amides is 1. The van der Waals surface area contributed by atoms with Crippen molar-refractivity contribution in [2.45, 2.75) is 46.2 Å². The SMILES string of the molecule is CCCCn1c(NCc2ccc(F)cc2)c(/C=C2/SC(=S)N(CCc3ccc(OC)c(OC)c3)C2=O)c(C)c(C#N)c1=O. The van der Waals surface area contributed by atoms with Crippen LogP contribution in [-0.4, -0.2) is 40.5 Å². The van der Waals surface area contributed by atoms with E-state index in [2.05, 4.69) is 11.4 Å². The summed E-state index contributed by atoms with van der Waals surface area (Å²) in [5.74, 6) is 1.13. The van der Waals surface area contributed by atoms with Gasteiger partial charge in [-0.2, -0.15) is 5.26 Å². The van der Waals surface area contributed by atoms with Crippen LogP contribution in [-0.2, 0) is 24.3 Å². The van der Waals surface area contributed by atoms with Crippen LogP contribution in [0.1, 0.15) is 47.6 Å². The first-order valence-electron chi connectivity index (χ1n) is 13.8. The summed E-state index contributed by atoms with van der Waals surface area (Å²) in [4.78, 5) is 28.9. The number of methoxy groups -OCH3 is 2. The highest BCUT2D eigenvalue weighted by Gasteiger charge is 2.32. The number of thioether (sulfide) groups is 1. The first kappa shape index (κ1) is 31.8. The molecule has 1 fully saturated rings. The van der Waals surface area contributed by atoms with Crippen LogP contribution < -0.4 is 20.3 Å². The molecule has 4 rings (SSSR count). The zero-order valence-electron chi connectivity index (χ0n) is 24.5. The number of anilines is 1. The molecule has 2 heterocycles. The zero-order chi connectivity index (χ0) is 31.1. The molecule has 224 valence electrons. The highest BCUT2D eigenvalue weighted by Crippen LogP contribution is 2.36. The number of nitriles is 1. The summed E-state index contributed by atoms with van der Waals surface area (Å²) in [5, 5.41) is 13.2. The molecule has 11 heteroatoms. The molecule has 1 aliphatic rings. The summed E-state index contributed by atoms with van der Waals surface area (Å²) in [6.45, 7) is 4.79. The highest BCUT2D eigenvalue weighted by molar-refractivity contribution is 8.26. The normalized spacial score (nSPS) is 13.9. The van der Waals surface area contributed by atoms with Gasteiger partial charge in [-0.25, -0.2) is 4.39 Å². The number of hydrogen-bond donors (Lipinski definition) is 1. The number of ether oxygens (including phenoxy) is 2. The Balaban J connectivity index is 1.68. The molecule has 1 aliphatic heterocycles. The minimum Gasteiger partial charge on any atom is -0.493 e. The zero-order valence-corrected chi connectivity index (χ0v) is 26.2. The van der Waals surface area contributed by atoms with Gasteiger partial charge in [0.25, 0.3) is 11.5 Å². The van der Waals surface area contributed by atoms with E-state index in [0.717, 1.165) is 24.0 Å². The smallest absolute Gasteiger partial charge is 0.270 e. The second-order valence-corrected chi connectivity index (χ2v) is 11.6. The number of rotatable bonds is 12. The molecule has 0 unspecified atom stereocenters. The van der Waals surface area contributed by atoms with E-state index in [4.69, 9.17) is 21.7 Å². The van der Waals surface area contributed by atoms with E-state index in [1.165, 1.54) is 23.9 Å². The van der Waals surface area contributed by atoms with Gasteiger partial charge in [-0.05, 0) is 66.8 Å². The van der Waals surface area contributed by atoms with Crippen molar-refractivity contribution in [1.82, 2.24) is 9.47 Å². The van der Waals surface area contributed by atoms with Crippen LogP contribution in [0.2, 0.25) is 0 Å². The number of unbranched alkanes of at least 4 members (excludes halogenated alkanes) is 1. The maximum atomic E-state index is 13.6. The van der Waals surface area contributed by atoms with Crippen LogP contribution in [0.25, 0.3) is 6.08 Å². The molecule has 1 aromatic heterocycles. The summed E-state index contributed by atoms with van der Waals surface area (Å²) >= 11 is 6.77. The quantitative estimate of drug-likeness (QED) is 0.193. The second-order valence-electron chi connectivity index (χ2n) is 9.94. The molecule has 0 aliphatic carbocycles. The van der Waals surface area contributed by atoms with E-state index in [1.54, 1.807) is 48.8 Å². The Morgan fingerprint density at radius 1 is 1.07 bits per heavy atom. The third-order valence-electron chi connectivity index (χ3n) is 7.20. The van der Waals surface area contributed by atoms with Crippen molar-refractivity contribution in [1.29, 1.82) is 5.26 Å². The van der Waals surface area contributed by atoms with Crippen LogP contribution in [0, 0.1) is 24.1 Å². The average molecular weight is 621 g/mol. The van der Waals surface area contributed by atoms with E-state index in [0.29, 0.717) is 63.7 Å². The number of hydrogen-bond acceptors (Lipinski definition) is 8. The highest BCUT2D eigenvalue weighted by atomic mass is 32.2. The number of nitrogens with one attached hydrogen (secondary N) is 1. The fourth-order valence-electron chi connectivity index (χ4n) is 4.77. The molecular formula is C32H33FN4O4S2. The maximum Gasteiger partial charge on any atom is 0.270 e. The molecule has 1 amide bonds. The number of nitrogens with zero attached hydrogens (tertiary/aromatic N) is 3. The van der Waals surface area contributed by atoms with Crippen molar-refractivity contribution in [3.8, 4) is 17.6 Å². The molecule has 1 N–H and O–H groups in total. The standard InChI is InChI=1S/C32H33FN4O4S2/c1-5-6-14-36-29(35-19-22-7-10-23(33)11-8-22)24(20(2)25(18-34)30(36)38)17-28-31(39)37(32(42)43-28)15-13-21-9-12-26(40-3)27(16-21)41-4/h7-12,16-17,35H,5-6,13-15,19H2,1-4H3/b28-17+. The number of halogens is 1. The Labute approximate surface area is 260 Å². The molecule has 3 aromatic rings. The Morgan fingerprint density at radius 3 is 2.42 bits per heavy atom. The largest absolute Gasteiger partial charge is 0.493 e. The molecule has 43 heavy (non-hydrogen) atoms. The third-order valence-corrected chi connectivity index (χ3v) is 8.58. The van der Waals surface area contributed by atoms with E-state index in [9.17, 15) is 19.2 Å². The van der Waals surface area contributed by atoms with Crippen molar-refractivity contribution < 1.29 is 18.7 Å². The third kappa shape index (κ3) is 7.09. The molecule has 0 spiro atoms. The lowest BCUT2D eigenvalue weighted by Crippen LogP contribution is -2.30. The predicted molar refractivity (Wildman–Crippen MR) is 172 cm³/mol. The van der Waals surface area contributed by atoms with Gasteiger partial charge in [0.1, 0.15) is 27.6 Å². The summed E-state index contributed by atoms with van der Waals surface area (Å²) in [6.07, 6.45) is 3.81. The molecule has 2 aromatic carbocycles. The van der Waals surface area contributed by atoms with Crippen molar-refractivity contribution in [3.63, 3.8) is 0 Å². The minimum atomic E-state index is -0.394. The van der Waals surface area contributed by atoms with Crippen molar-refractivity contribution in [3.05, 3.63) is 91.4 Å². The Bertz CT molecular complexity index is 1660. The van der Waals surface area contributed by atoms with Gasteiger partial charge in [-0.15, -0.1) is 0 Å². The fourth-order valence-corrected chi connectivity index (χ4v) is 6.06. The number of carbonyl (C=O) groups excluding carboxylic acids is 1.